The van der Waals surface area contributed by atoms with Gasteiger partial charge in [0.05, 0.1) is 11.3 Å². The van der Waals surface area contributed by atoms with E-state index in [0.29, 0.717) is 18.7 Å². The predicted octanol–water partition coefficient (Wildman–Crippen LogP) is 2.93. The topological polar surface area (TPSA) is 61.9 Å². The van der Waals surface area contributed by atoms with Crippen LogP contribution in [0, 0.1) is 5.82 Å². The smallest absolute Gasteiger partial charge is 0.256 e. The van der Waals surface area contributed by atoms with Crippen LogP contribution in [-0.2, 0) is 4.79 Å². The van der Waals surface area contributed by atoms with Crippen molar-refractivity contribution in [3.8, 4) is 0 Å². The van der Waals surface area contributed by atoms with E-state index in [1.165, 1.54) is 24.5 Å². The lowest BCUT2D eigenvalue weighted by atomic mass is 9.94. The quantitative estimate of drug-likeness (QED) is 0.641. The summed E-state index contributed by atoms with van der Waals surface area (Å²) in [6, 6.07) is 16.0. The molecule has 2 atom stereocenters. The average molecular weight is 380 g/mol. The molecule has 0 radical (unpaired) electrons. The van der Waals surface area contributed by atoms with Gasteiger partial charge in [-0.1, -0.05) is 30.3 Å². The van der Waals surface area contributed by atoms with Gasteiger partial charge in [-0.05, 0) is 43.9 Å². The molecule has 28 heavy (non-hydrogen) atoms. The molecule has 1 fully saturated rings. The first-order chi connectivity index (χ1) is 13.5. The number of benzene rings is 2. The van der Waals surface area contributed by atoms with E-state index in [1.54, 1.807) is 17.0 Å². The Morgan fingerprint density at radius 2 is 1.82 bits per heavy atom. The summed E-state index contributed by atoms with van der Waals surface area (Å²) in [6.07, 6.45) is 2.80. The Kier molecular flexibility index (Phi) is 6.21. The van der Waals surface area contributed by atoms with E-state index in [1.807, 2.05) is 44.4 Å². The third-order valence-electron chi connectivity index (χ3n) is 5.07. The van der Waals surface area contributed by atoms with Crippen LogP contribution in [0.5, 0.6) is 0 Å². The lowest BCUT2D eigenvalue weighted by Gasteiger charge is -2.25. The van der Waals surface area contributed by atoms with E-state index in [0.717, 1.165) is 11.3 Å². The SMILES string of the molecule is CN(C)C1CN(C(=O)C(C=Nc2ccccc2)=CN)CC1c1ccc(F)cc1. The summed E-state index contributed by atoms with van der Waals surface area (Å²) in [5, 5.41) is 0. The van der Waals surface area contributed by atoms with Gasteiger partial charge in [0.25, 0.3) is 5.91 Å². The molecule has 0 spiro atoms. The van der Waals surface area contributed by atoms with Gasteiger partial charge in [0.1, 0.15) is 5.82 Å². The summed E-state index contributed by atoms with van der Waals surface area (Å²) < 4.78 is 13.3. The molecule has 2 aromatic rings. The number of nitrogens with zero attached hydrogens (tertiary/aromatic N) is 3. The maximum Gasteiger partial charge on any atom is 0.256 e. The first kappa shape index (κ1) is 19.8. The van der Waals surface area contributed by atoms with Gasteiger partial charge >= 0.3 is 0 Å². The number of amides is 1. The zero-order valence-electron chi connectivity index (χ0n) is 16.1. The molecule has 5 nitrogen and oxygen atoms in total. The molecule has 0 bridgehead atoms. The molecule has 0 saturated carbocycles. The monoisotopic (exact) mass is 380 g/mol. The number of para-hydroxylation sites is 1. The van der Waals surface area contributed by atoms with Crippen LogP contribution in [0.1, 0.15) is 11.5 Å². The summed E-state index contributed by atoms with van der Waals surface area (Å²) in [5.41, 5.74) is 7.83. The fourth-order valence-electron chi connectivity index (χ4n) is 3.52. The molecule has 2 N–H and O–H groups in total. The molecule has 2 unspecified atom stereocenters. The first-order valence-electron chi connectivity index (χ1n) is 9.21. The minimum Gasteiger partial charge on any atom is -0.404 e. The summed E-state index contributed by atoms with van der Waals surface area (Å²) in [7, 11) is 3.98. The number of carbonyl (C=O) groups is 1. The molecule has 6 heteroatoms. The number of likely N-dealkylation sites (N-methyl/N-ethyl adjacent to an activating group) is 1. The highest BCUT2D eigenvalue weighted by Gasteiger charge is 2.37. The van der Waals surface area contributed by atoms with Gasteiger partial charge in [-0.15, -0.1) is 0 Å². The van der Waals surface area contributed by atoms with Crippen molar-refractivity contribution in [1.29, 1.82) is 0 Å². The van der Waals surface area contributed by atoms with Crippen LogP contribution in [0.2, 0.25) is 0 Å². The molecule has 0 aliphatic carbocycles. The number of hydrogen-bond donors (Lipinski definition) is 1. The van der Waals surface area contributed by atoms with Crippen molar-refractivity contribution in [3.05, 3.63) is 77.8 Å². The van der Waals surface area contributed by atoms with E-state index in [-0.39, 0.29) is 23.7 Å². The average Bonchev–Trinajstić information content (AvgIpc) is 3.15. The Balaban J connectivity index is 1.77. The second kappa shape index (κ2) is 8.80. The summed E-state index contributed by atoms with van der Waals surface area (Å²) in [5.74, 6) is -0.315. The Morgan fingerprint density at radius 3 is 2.43 bits per heavy atom. The van der Waals surface area contributed by atoms with Crippen LogP contribution in [0.4, 0.5) is 10.1 Å². The molecule has 2 aromatic carbocycles. The maximum absolute atomic E-state index is 13.3. The molecule has 1 aliphatic rings. The molecule has 3 rings (SSSR count). The zero-order valence-corrected chi connectivity index (χ0v) is 16.1. The van der Waals surface area contributed by atoms with Crippen molar-refractivity contribution in [1.82, 2.24) is 9.80 Å². The standard InChI is InChI=1S/C22H25FN4O/c1-26(2)21-15-27(14-20(21)16-8-10-18(23)11-9-16)22(28)17(12-24)13-25-19-6-4-3-5-7-19/h3-13,20-21H,14-15,24H2,1-2H3. The summed E-state index contributed by atoms with van der Waals surface area (Å²) in [4.78, 5) is 21.2. The highest BCUT2D eigenvalue weighted by atomic mass is 19.1. The normalized spacial score (nSPS) is 20.3. The molecule has 0 aromatic heterocycles. The molecule has 146 valence electrons. The van der Waals surface area contributed by atoms with Crippen LogP contribution in [-0.4, -0.2) is 55.1 Å². The van der Waals surface area contributed by atoms with Crippen LogP contribution in [0.25, 0.3) is 0 Å². The third kappa shape index (κ3) is 4.46. The Labute approximate surface area is 165 Å². The molecule has 1 heterocycles. The zero-order chi connectivity index (χ0) is 20.1. The summed E-state index contributed by atoms with van der Waals surface area (Å²) in [6.45, 7) is 1.12. The second-order valence-electron chi connectivity index (χ2n) is 7.11. The molecular weight excluding hydrogens is 355 g/mol. The van der Waals surface area contributed by atoms with Crippen LogP contribution in [0.3, 0.4) is 0 Å². The number of carbonyl (C=O) groups excluding carboxylic acids is 1. The molecule has 1 aliphatic heterocycles. The van der Waals surface area contributed by atoms with Gasteiger partial charge in [-0.2, -0.15) is 0 Å². The van der Waals surface area contributed by atoms with Crippen molar-refractivity contribution < 1.29 is 9.18 Å². The van der Waals surface area contributed by atoms with Crippen molar-refractivity contribution in [3.63, 3.8) is 0 Å². The van der Waals surface area contributed by atoms with Crippen molar-refractivity contribution in [2.24, 2.45) is 10.7 Å². The Bertz CT molecular complexity index is 862. The fraction of sp³-hybridized carbons (Fsp3) is 0.273. The van der Waals surface area contributed by atoms with E-state index in [4.69, 9.17) is 5.73 Å². The second-order valence-corrected chi connectivity index (χ2v) is 7.11. The van der Waals surface area contributed by atoms with Gasteiger partial charge in [0, 0.05) is 37.5 Å². The highest BCUT2D eigenvalue weighted by Crippen LogP contribution is 2.31. The Morgan fingerprint density at radius 1 is 1.14 bits per heavy atom. The molecule has 1 amide bonds. The maximum atomic E-state index is 13.3. The highest BCUT2D eigenvalue weighted by molar-refractivity contribution is 6.12. The van der Waals surface area contributed by atoms with Gasteiger partial charge in [-0.25, -0.2) is 4.39 Å². The summed E-state index contributed by atoms with van der Waals surface area (Å²) >= 11 is 0. The van der Waals surface area contributed by atoms with Gasteiger partial charge in [0.15, 0.2) is 0 Å². The lowest BCUT2D eigenvalue weighted by molar-refractivity contribution is -0.125. The van der Waals surface area contributed by atoms with Gasteiger partial charge < -0.3 is 15.5 Å². The largest absolute Gasteiger partial charge is 0.404 e. The number of nitrogens with two attached hydrogens (primary N) is 1. The molecular formula is C22H25FN4O. The third-order valence-corrected chi connectivity index (χ3v) is 5.07. The van der Waals surface area contributed by atoms with Crippen molar-refractivity contribution >= 4 is 17.8 Å². The van der Waals surface area contributed by atoms with Gasteiger partial charge in [0.2, 0.25) is 0 Å². The van der Waals surface area contributed by atoms with Crippen molar-refractivity contribution in [2.45, 2.75) is 12.0 Å². The first-order valence-corrected chi connectivity index (χ1v) is 9.21. The Hall–Kier alpha value is -2.99. The van der Waals surface area contributed by atoms with E-state index in [9.17, 15) is 9.18 Å². The number of hydrogen-bond acceptors (Lipinski definition) is 4. The van der Waals surface area contributed by atoms with Crippen LogP contribution < -0.4 is 5.73 Å². The van der Waals surface area contributed by atoms with Gasteiger partial charge in [-0.3, -0.25) is 9.79 Å². The number of halogens is 1. The fourth-order valence-corrected chi connectivity index (χ4v) is 3.52. The van der Waals surface area contributed by atoms with E-state index >= 15 is 0 Å². The van der Waals surface area contributed by atoms with Crippen LogP contribution >= 0.6 is 0 Å². The number of rotatable bonds is 5. The minimum absolute atomic E-state index is 0.102. The van der Waals surface area contributed by atoms with Crippen LogP contribution in [0.15, 0.2) is 71.4 Å². The predicted molar refractivity (Wildman–Crippen MR) is 110 cm³/mol. The number of aliphatic imine (C=N–C) groups is 1. The van der Waals surface area contributed by atoms with E-state index in [2.05, 4.69) is 9.89 Å². The van der Waals surface area contributed by atoms with E-state index < -0.39 is 0 Å². The molecule has 1 saturated heterocycles. The van der Waals surface area contributed by atoms with Crippen molar-refractivity contribution in [2.75, 3.05) is 27.2 Å². The minimum atomic E-state index is -0.262. The number of likely N-dealkylation sites (tertiary alicyclic amines) is 1. The lowest BCUT2D eigenvalue weighted by Crippen LogP contribution is -2.36.